The van der Waals surface area contributed by atoms with E-state index in [9.17, 15) is 9.90 Å². The van der Waals surface area contributed by atoms with Gasteiger partial charge in [-0.15, -0.1) is 0 Å². The Morgan fingerprint density at radius 2 is 2.00 bits per heavy atom. The maximum absolute atomic E-state index is 12.8. The summed E-state index contributed by atoms with van der Waals surface area (Å²) in [6, 6.07) is 0.264. The predicted molar refractivity (Wildman–Crippen MR) is 79.6 cm³/mol. The maximum atomic E-state index is 12.8. The van der Waals surface area contributed by atoms with Crippen LogP contribution in [0.5, 0.6) is 0 Å². The summed E-state index contributed by atoms with van der Waals surface area (Å²) < 4.78 is 0. The number of hydrogen-bond acceptors (Lipinski definition) is 4. The molecule has 2 N–H and O–H groups in total. The highest BCUT2D eigenvalue weighted by Crippen LogP contribution is 2.18. The number of hydrogen-bond donors (Lipinski definition) is 2. The number of nitrogens with zero attached hydrogens (tertiary/aromatic N) is 2. The van der Waals surface area contributed by atoms with Crippen LogP contribution in [0.1, 0.15) is 38.5 Å². The Morgan fingerprint density at radius 3 is 2.70 bits per heavy atom. The van der Waals surface area contributed by atoms with Crippen molar-refractivity contribution in [2.24, 2.45) is 0 Å². The molecule has 5 nitrogen and oxygen atoms in total. The summed E-state index contributed by atoms with van der Waals surface area (Å²) in [4.78, 5) is 17.0. The molecule has 0 bridgehead atoms. The molecule has 2 heterocycles. The van der Waals surface area contributed by atoms with Crippen LogP contribution < -0.4 is 5.32 Å². The average molecular weight is 283 g/mol. The summed E-state index contributed by atoms with van der Waals surface area (Å²) in [6.07, 6.45) is 6.49. The van der Waals surface area contributed by atoms with Crippen LogP contribution in [0.4, 0.5) is 0 Å². The highest BCUT2D eigenvalue weighted by Gasteiger charge is 2.31. The van der Waals surface area contributed by atoms with Gasteiger partial charge in [-0.05, 0) is 52.4 Å². The quantitative estimate of drug-likeness (QED) is 0.786. The Kier molecular flexibility index (Phi) is 6.26. The summed E-state index contributed by atoms with van der Waals surface area (Å²) in [5.41, 5.74) is 0. The Balaban J connectivity index is 1.97. The van der Waals surface area contributed by atoms with Crippen molar-refractivity contribution in [3.05, 3.63) is 0 Å². The number of piperidine rings is 1. The van der Waals surface area contributed by atoms with E-state index in [4.69, 9.17) is 0 Å². The topological polar surface area (TPSA) is 55.8 Å². The fourth-order valence-electron chi connectivity index (χ4n) is 3.33. The third kappa shape index (κ3) is 4.17. The first kappa shape index (κ1) is 15.7. The first-order valence-corrected chi connectivity index (χ1v) is 8.05. The number of amides is 1. The lowest BCUT2D eigenvalue weighted by atomic mass is 10.0. The lowest BCUT2D eigenvalue weighted by Gasteiger charge is -2.38. The molecule has 0 aromatic carbocycles. The van der Waals surface area contributed by atoms with Gasteiger partial charge in [0, 0.05) is 12.6 Å². The van der Waals surface area contributed by atoms with E-state index in [0.29, 0.717) is 12.6 Å². The molecule has 1 unspecified atom stereocenters. The fraction of sp³-hybridized carbons (Fsp3) is 0.933. The van der Waals surface area contributed by atoms with Gasteiger partial charge in [0.05, 0.1) is 12.6 Å². The zero-order chi connectivity index (χ0) is 14.4. The van der Waals surface area contributed by atoms with Crippen molar-refractivity contribution in [3.8, 4) is 0 Å². The Morgan fingerprint density at radius 1 is 1.25 bits per heavy atom. The molecule has 2 rings (SSSR count). The Bertz CT molecular complexity index is 295. The van der Waals surface area contributed by atoms with Gasteiger partial charge in [0.2, 0.25) is 5.91 Å². The van der Waals surface area contributed by atoms with Gasteiger partial charge in [0.1, 0.15) is 0 Å². The SMILES string of the molecule is CN1CCC(N(CCO)C(=O)C2CCCCCN2)CC1. The number of rotatable bonds is 4. The maximum Gasteiger partial charge on any atom is 0.240 e. The molecule has 2 fully saturated rings. The van der Waals surface area contributed by atoms with Crippen molar-refractivity contribution >= 4 is 5.91 Å². The van der Waals surface area contributed by atoms with Crippen LogP contribution >= 0.6 is 0 Å². The Hall–Kier alpha value is -0.650. The van der Waals surface area contributed by atoms with Gasteiger partial charge in [-0.3, -0.25) is 4.79 Å². The van der Waals surface area contributed by atoms with Crippen LogP contribution in [0.15, 0.2) is 0 Å². The lowest BCUT2D eigenvalue weighted by Crippen LogP contribution is -2.53. The second-order valence-corrected chi connectivity index (χ2v) is 6.15. The van der Waals surface area contributed by atoms with Gasteiger partial charge in [-0.25, -0.2) is 0 Å². The average Bonchev–Trinajstić information content (AvgIpc) is 2.74. The van der Waals surface area contributed by atoms with E-state index >= 15 is 0 Å². The number of likely N-dealkylation sites (tertiary alicyclic amines) is 1. The summed E-state index contributed by atoms with van der Waals surface area (Å²) in [6.45, 7) is 3.56. The third-order valence-electron chi connectivity index (χ3n) is 4.61. The number of nitrogens with one attached hydrogen (secondary N) is 1. The van der Waals surface area contributed by atoms with Crippen molar-refractivity contribution in [2.45, 2.75) is 50.6 Å². The molecular formula is C15H29N3O2. The van der Waals surface area contributed by atoms with E-state index in [1.54, 1.807) is 0 Å². The fourth-order valence-corrected chi connectivity index (χ4v) is 3.33. The van der Waals surface area contributed by atoms with Crippen LogP contribution in [-0.2, 0) is 4.79 Å². The van der Waals surface area contributed by atoms with E-state index in [1.165, 1.54) is 6.42 Å². The van der Waals surface area contributed by atoms with Crippen molar-refractivity contribution in [3.63, 3.8) is 0 Å². The zero-order valence-corrected chi connectivity index (χ0v) is 12.7. The number of aliphatic hydroxyl groups is 1. The number of carbonyl (C=O) groups is 1. The van der Waals surface area contributed by atoms with E-state index in [1.807, 2.05) is 4.90 Å². The van der Waals surface area contributed by atoms with Crippen molar-refractivity contribution in [1.29, 1.82) is 0 Å². The van der Waals surface area contributed by atoms with Gasteiger partial charge in [-0.2, -0.15) is 0 Å². The zero-order valence-electron chi connectivity index (χ0n) is 12.7. The molecule has 0 radical (unpaired) electrons. The molecule has 0 aliphatic carbocycles. The third-order valence-corrected chi connectivity index (χ3v) is 4.61. The number of aliphatic hydroxyl groups excluding tert-OH is 1. The molecule has 0 saturated carbocycles. The van der Waals surface area contributed by atoms with Crippen LogP contribution in [0.2, 0.25) is 0 Å². The first-order chi connectivity index (χ1) is 9.72. The smallest absolute Gasteiger partial charge is 0.240 e. The monoisotopic (exact) mass is 283 g/mol. The molecule has 20 heavy (non-hydrogen) atoms. The minimum Gasteiger partial charge on any atom is -0.395 e. The Labute approximate surface area is 122 Å². The molecule has 0 spiro atoms. The summed E-state index contributed by atoms with van der Waals surface area (Å²) in [5.74, 6) is 0.204. The highest BCUT2D eigenvalue weighted by atomic mass is 16.3. The molecular weight excluding hydrogens is 254 g/mol. The van der Waals surface area contributed by atoms with Crippen molar-refractivity contribution in [1.82, 2.24) is 15.1 Å². The molecule has 1 amide bonds. The molecule has 0 aromatic heterocycles. The predicted octanol–water partition coefficient (Wildman–Crippen LogP) is 0.434. The largest absolute Gasteiger partial charge is 0.395 e. The minimum absolute atomic E-state index is 0.0382. The molecule has 2 aliphatic rings. The van der Waals surface area contributed by atoms with Crippen LogP contribution in [-0.4, -0.2) is 72.7 Å². The van der Waals surface area contributed by atoms with Crippen LogP contribution in [0.3, 0.4) is 0 Å². The highest BCUT2D eigenvalue weighted by molar-refractivity contribution is 5.82. The molecule has 5 heteroatoms. The van der Waals surface area contributed by atoms with Crippen LogP contribution in [0.25, 0.3) is 0 Å². The molecule has 0 aromatic rings. The van der Waals surface area contributed by atoms with E-state index in [2.05, 4.69) is 17.3 Å². The van der Waals surface area contributed by atoms with Crippen molar-refractivity contribution in [2.75, 3.05) is 39.8 Å². The second-order valence-electron chi connectivity index (χ2n) is 6.15. The first-order valence-electron chi connectivity index (χ1n) is 8.05. The number of carbonyl (C=O) groups excluding carboxylic acids is 1. The van der Waals surface area contributed by atoms with E-state index in [0.717, 1.165) is 51.7 Å². The molecule has 2 saturated heterocycles. The molecule has 2 aliphatic heterocycles. The molecule has 1 atom stereocenters. The molecule has 116 valence electrons. The van der Waals surface area contributed by atoms with Crippen LogP contribution in [0, 0.1) is 0 Å². The normalized spacial score (nSPS) is 26.2. The summed E-state index contributed by atoms with van der Waals surface area (Å²) >= 11 is 0. The second kappa shape index (κ2) is 7.96. The van der Waals surface area contributed by atoms with Gasteiger partial charge in [0.15, 0.2) is 0 Å². The van der Waals surface area contributed by atoms with E-state index in [-0.39, 0.29) is 18.6 Å². The standard InChI is InChI=1S/C15H29N3O2/c1-17-9-6-13(7-10-17)18(11-12-19)15(20)14-5-3-2-4-8-16-14/h13-14,16,19H,2-12H2,1H3. The van der Waals surface area contributed by atoms with Gasteiger partial charge in [0.25, 0.3) is 0 Å². The summed E-state index contributed by atoms with van der Waals surface area (Å²) in [5, 5.41) is 12.7. The van der Waals surface area contributed by atoms with Crippen molar-refractivity contribution < 1.29 is 9.90 Å². The van der Waals surface area contributed by atoms with Gasteiger partial charge in [-0.1, -0.05) is 12.8 Å². The summed E-state index contributed by atoms with van der Waals surface area (Å²) in [7, 11) is 2.13. The lowest BCUT2D eigenvalue weighted by molar-refractivity contribution is -0.137. The van der Waals surface area contributed by atoms with Gasteiger partial charge < -0.3 is 20.2 Å². The minimum atomic E-state index is -0.0382. The van der Waals surface area contributed by atoms with E-state index < -0.39 is 0 Å². The van der Waals surface area contributed by atoms with Gasteiger partial charge >= 0.3 is 0 Å².